The Hall–Kier alpha value is -1.06. The van der Waals surface area contributed by atoms with E-state index in [0.29, 0.717) is 6.04 Å². The van der Waals surface area contributed by atoms with Crippen LogP contribution in [0.15, 0.2) is 24.3 Å². The van der Waals surface area contributed by atoms with Crippen LogP contribution in [0, 0.1) is 6.92 Å². The van der Waals surface area contributed by atoms with Crippen LogP contribution >= 0.6 is 0 Å². The Morgan fingerprint density at radius 2 is 2.17 bits per heavy atom. The zero-order valence-electron chi connectivity index (χ0n) is 11.8. The molecule has 0 spiro atoms. The summed E-state index contributed by atoms with van der Waals surface area (Å²) >= 11 is 0. The molecule has 0 amide bonds. The third kappa shape index (κ3) is 3.24. The fourth-order valence-electron chi connectivity index (χ4n) is 2.72. The Morgan fingerprint density at radius 1 is 1.33 bits per heavy atom. The topological polar surface area (TPSA) is 18.5 Å². The Morgan fingerprint density at radius 3 is 2.89 bits per heavy atom. The van der Waals surface area contributed by atoms with Crippen molar-refractivity contribution in [3.05, 3.63) is 29.8 Å². The van der Waals surface area contributed by atoms with Gasteiger partial charge in [-0.25, -0.2) is 0 Å². The Labute approximate surface area is 111 Å². The molecule has 0 aromatic heterocycles. The number of nitrogens with one attached hydrogen (secondary N) is 1. The number of aryl methyl sites for hydroxylation is 1. The fraction of sp³-hybridized carbons (Fsp3) is 0.600. The smallest absolute Gasteiger partial charge is 0.0429 e. The predicted octanol–water partition coefficient (Wildman–Crippen LogP) is 1.72. The van der Waals surface area contributed by atoms with E-state index in [1.165, 1.54) is 17.7 Å². The van der Waals surface area contributed by atoms with Crippen molar-refractivity contribution in [2.75, 3.05) is 45.2 Å². The van der Waals surface area contributed by atoms with E-state index < -0.39 is 0 Å². The number of nitrogens with zero attached hydrogens (tertiary/aromatic N) is 2. The molecule has 1 aromatic carbocycles. The zero-order valence-corrected chi connectivity index (χ0v) is 11.8. The molecular formula is C15H25N3. The average molecular weight is 247 g/mol. The van der Waals surface area contributed by atoms with Crippen LogP contribution in [0.5, 0.6) is 0 Å². The predicted molar refractivity (Wildman–Crippen MR) is 78.4 cm³/mol. The van der Waals surface area contributed by atoms with Gasteiger partial charge in [-0.3, -0.25) is 0 Å². The highest BCUT2D eigenvalue weighted by Crippen LogP contribution is 2.22. The molecule has 0 aliphatic carbocycles. The van der Waals surface area contributed by atoms with Gasteiger partial charge in [0.25, 0.3) is 0 Å². The van der Waals surface area contributed by atoms with Gasteiger partial charge in [-0.2, -0.15) is 0 Å². The van der Waals surface area contributed by atoms with Crippen molar-refractivity contribution in [3.8, 4) is 0 Å². The lowest BCUT2D eigenvalue weighted by molar-refractivity contribution is 0.260. The third-order valence-electron chi connectivity index (χ3n) is 3.75. The maximum Gasteiger partial charge on any atom is 0.0429 e. The number of anilines is 1. The second-order valence-electron chi connectivity index (χ2n) is 5.34. The molecule has 3 nitrogen and oxygen atoms in total. The molecule has 2 rings (SSSR count). The number of likely N-dealkylation sites (N-methyl/N-ethyl adjacent to an activating group) is 1. The summed E-state index contributed by atoms with van der Waals surface area (Å²) < 4.78 is 0. The van der Waals surface area contributed by atoms with E-state index in [0.717, 1.165) is 26.2 Å². The summed E-state index contributed by atoms with van der Waals surface area (Å²) in [6.45, 7) is 6.71. The van der Waals surface area contributed by atoms with E-state index in [9.17, 15) is 0 Å². The van der Waals surface area contributed by atoms with Gasteiger partial charge in [0.1, 0.15) is 0 Å². The highest BCUT2D eigenvalue weighted by molar-refractivity contribution is 5.50. The monoisotopic (exact) mass is 247 g/mol. The molecule has 1 fully saturated rings. The van der Waals surface area contributed by atoms with Crippen molar-refractivity contribution in [1.82, 2.24) is 10.2 Å². The van der Waals surface area contributed by atoms with Gasteiger partial charge in [-0.15, -0.1) is 0 Å². The fourth-order valence-corrected chi connectivity index (χ4v) is 2.72. The van der Waals surface area contributed by atoms with Crippen molar-refractivity contribution < 1.29 is 0 Å². The molecular weight excluding hydrogens is 222 g/mol. The van der Waals surface area contributed by atoms with Crippen LogP contribution in [0.2, 0.25) is 0 Å². The van der Waals surface area contributed by atoms with Crippen LogP contribution in [0.4, 0.5) is 5.69 Å². The number of piperazine rings is 1. The molecule has 1 N–H and O–H groups in total. The van der Waals surface area contributed by atoms with Gasteiger partial charge < -0.3 is 15.1 Å². The van der Waals surface area contributed by atoms with Crippen LogP contribution in [-0.2, 0) is 0 Å². The molecule has 1 aromatic rings. The number of rotatable bonds is 4. The Bertz CT molecular complexity index is 378. The molecule has 1 atom stereocenters. The molecule has 1 heterocycles. The van der Waals surface area contributed by atoms with Crippen LogP contribution in [0.25, 0.3) is 0 Å². The summed E-state index contributed by atoms with van der Waals surface area (Å²) in [6, 6.07) is 9.50. The maximum atomic E-state index is 3.27. The van der Waals surface area contributed by atoms with E-state index in [1.807, 2.05) is 7.05 Å². The summed E-state index contributed by atoms with van der Waals surface area (Å²) in [7, 11) is 4.25. The van der Waals surface area contributed by atoms with Gasteiger partial charge in [0, 0.05) is 31.4 Å². The molecule has 0 bridgehead atoms. The summed E-state index contributed by atoms with van der Waals surface area (Å²) in [5.41, 5.74) is 2.72. The number of benzene rings is 1. The van der Waals surface area contributed by atoms with Crippen molar-refractivity contribution in [2.24, 2.45) is 0 Å². The van der Waals surface area contributed by atoms with Gasteiger partial charge >= 0.3 is 0 Å². The molecule has 18 heavy (non-hydrogen) atoms. The van der Waals surface area contributed by atoms with Gasteiger partial charge in [0.05, 0.1) is 0 Å². The standard InChI is InChI=1S/C15H25N3/c1-13-5-4-6-14(11-13)18-10-9-17(3)12-15(18)7-8-16-2/h4-6,11,15-16H,7-10,12H2,1-3H3. The lowest BCUT2D eigenvalue weighted by Crippen LogP contribution is -2.52. The minimum absolute atomic E-state index is 0.623. The van der Waals surface area contributed by atoms with Crippen LogP contribution in [0.3, 0.4) is 0 Å². The first-order valence-electron chi connectivity index (χ1n) is 6.87. The van der Waals surface area contributed by atoms with Crippen LogP contribution in [0.1, 0.15) is 12.0 Å². The summed E-state index contributed by atoms with van der Waals surface area (Å²) in [5, 5.41) is 3.27. The van der Waals surface area contributed by atoms with Crippen molar-refractivity contribution in [3.63, 3.8) is 0 Å². The summed E-state index contributed by atoms with van der Waals surface area (Å²) in [6.07, 6.45) is 1.20. The maximum absolute atomic E-state index is 3.27. The van der Waals surface area contributed by atoms with Crippen LogP contribution in [-0.4, -0.2) is 51.2 Å². The normalized spacial score (nSPS) is 21.3. The number of hydrogen-bond acceptors (Lipinski definition) is 3. The lowest BCUT2D eigenvalue weighted by atomic mass is 10.1. The highest BCUT2D eigenvalue weighted by atomic mass is 15.3. The molecule has 100 valence electrons. The first kappa shape index (κ1) is 13.4. The van der Waals surface area contributed by atoms with Crippen molar-refractivity contribution in [1.29, 1.82) is 0 Å². The summed E-state index contributed by atoms with van der Waals surface area (Å²) in [5.74, 6) is 0. The molecule has 1 unspecified atom stereocenters. The molecule has 1 aliphatic heterocycles. The minimum atomic E-state index is 0.623. The lowest BCUT2D eigenvalue weighted by Gasteiger charge is -2.41. The third-order valence-corrected chi connectivity index (χ3v) is 3.75. The average Bonchev–Trinajstić information content (AvgIpc) is 2.36. The van der Waals surface area contributed by atoms with Gasteiger partial charge in [0.2, 0.25) is 0 Å². The number of hydrogen-bond donors (Lipinski definition) is 1. The zero-order chi connectivity index (χ0) is 13.0. The van der Waals surface area contributed by atoms with E-state index in [4.69, 9.17) is 0 Å². The molecule has 1 aliphatic rings. The summed E-state index contributed by atoms with van der Waals surface area (Å²) in [4.78, 5) is 5.01. The largest absolute Gasteiger partial charge is 0.366 e. The first-order valence-corrected chi connectivity index (χ1v) is 6.87. The second-order valence-corrected chi connectivity index (χ2v) is 5.34. The minimum Gasteiger partial charge on any atom is -0.366 e. The van der Waals surface area contributed by atoms with Gasteiger partial charge in [0.15, 0.2) is 0 Å². The molecule has 3 heteroatoms. The van der Waals surface area contributed by atoms with E-state index >= 15 is 0 Å². The van der Waals surface area contributed by atoms with Crippen LogP contribution < -0.4 is 10.2 Å². The Balaban J connectivity index is 2.12. The van der Waals surface area contributed by atoms with Gasteiger partial charge in [-0.1, -0.05) is 12.1 Å². The van der Waals surface area contributed by atoms with E-state index in [-0.39, 0.29) is 0 Å². The SMILES string of the molecule is CNCCC1CN(C)CCN1c1cccc(C)c1. The highest BCUT2D eigenvalue weighted by Gasteiger charge is 2.24. The van der Waals surface area contributed by atoms with Crippen molar-refractivity contribution in [2.45, 2.75) is 19.4 Å². The molecule has 1 saturated heterocycles. The molecule has 0 radical (unpaired) electrons. The quantitative estimate of drug-likeness (QED) is 0.874. The first-order chi connectivity index (χ1) is 8.70. The van der Waals surface area contributed by atoms with Crippen molar-refractivity contribution >= 4 is 5.69 Å². The van der Waals surface area contributed by atoms with E-state index in [1.54, 1.807) is 0 Å². The Kier molecular flexibility index (Phi) is 4.61. The molecule has 0 saturated carbocycles. The van der Waals surface area contributed by atoms with Gasteiger partial charge in [-0.05, 0) is 51.7 Å². The van der Waals surface area contributed by atoms with E-state index in [2.05, 4.69) is 53.4 Å². The second kappa shape index (κ2) is 6.21.